The highest BCUT2D eigenvalue weighted by atomic mass is 16.1. The average molecular weight is 343 g/mol. The van der Waals surface area contributed by atoms with E-state index in [1.807, 2.05) is 18.2 Å². The molecular weight excluding hydrogens is 318 g/mol. The molecule has 6 heteroatoms. The van der Waals surface area contributed by atoms with Gasteiger partial charge in [-0.05, 0) is 36.8 Å². The summed E-state index contributed by atoms with van der Waals surface area (Å²) in [4.78, 5) is 34.5. The monoisotopic (exact) mass is 343 g/mol. The number of hydrogen-bond acceptors (Lipinski definition) is 5. The van der Waals surface area contributed by atoms with E-state index in [2.05, 4.69) is 5.32 Å². The summed E-state index contributed by atoms with van der Waals surface area (Å²) in [5.41, 5.74) is 2.93. The maximum Gasteiger partial charge on any atom is 0.209 e. The Hall–Kier alpha value is -2.50. The number of piperidine rings is 1. The molecule has 1 aromatic rings. The van der Waals surface area contributed by atoms with E-state index in [4.69, 9.17) is 5.41 Å². The molecule has 0 bridgehead atoms. The van der Waals surface area contributed by atoms with Gasteiger partial charge in [0.1, 0.15) is 12.6 Å². The fourth-order valence-corrected chi connectivity index (χ4v) is 3.32. The summed E-state index contributed by atoms with van der Waals surface area (Å²) in [6.07, 6.45) is 4.91. The number of nitrogens with one attached hydrogen (secondary N) is 2. The van der Waals surface area contributed by atoms with Crippen LogP contribution < -0.4 is 5.32 Å². The van der Waals surface area contributed by atoms with E-state index in [1.54, 1.807) is 11.9 Å². The van der Waals surface area contributed by atoms with Crippen molar-refractivity contribution in [3.05, 3.63) is 29.3 Å². The summed E-state index contributed by atoms with van der Waals surface area (Å²) in [5.74, 6) is -0.178. The molecule has 1 aliphatic heterocycles. The molecule has 2 rings (SSSR count). The molecule has 6 nitrogen and oxygen atoms in total. The van der Waals surface area contributed by atoms with Crippen molar-refractivity contribution < 1.29 is 14.4 Å². The van der Waals surface area contributed by atoms with Crippen LogP contribution in [0.2, 0.25) is 0 Å². The van der Waals surface area contributed by atoms with Crippen LogP contribution in [-0.4, -0.2) is 49.7 Å². The Morgan fingerprint density at radius 3 is 2.60 bits per heavy atom. The molecule has 1 aromatic carbocycles. The van der Waals surface area contributed by atoms with Gasteiger partial charge >= 0.3 is 0 Å². The molecule has 1 unspecified atom stereocenters. The second-order valence-corrected chi connectivity index (χ2v) is 6.37. The SMILES string of the molecule is CNc1cc(C2CCN(C=O)CC2)ccc1C(=N)C(C=O)CCC=O. The number of nitrogens with zero attached hydrogens (tertiary/aromatic N) is 1. The molecule has 1 atom stereocenters. The topological polar surface area (TPSA) is 90.3 Å². The van der Waals surface area contributed by atoms with E-state index in [-0.39, 0.29) is 12.1 Å². The Labute approximate surface area is 148 Å². The Morgan fingerprint density at radius 2 is 2.04 bits per heavy atom. The lowest BCUT2D eigenvalue weighted by Crippen LogP contribution is -2.31. The van der Waals surface area contributed by atoms with Crippen molar-refractivity contribution in [3.63, 3.8) is 0 Å². The zero-order valence-electron chi connectivity index (χ0n) is 14.5. The van der Waals surface area contributed by atoms with Crippen LogP contribution in [0.3, 0.4) is 0 Å². The molecule has 0 aromatic heterocycles. The maximum atomic E-state index is 11.3. The summed E-state index contributed by atoms with van der Waals surface area (Å²) in [7, 11) is 1.80. The number of likely N-dealkylation sites (tertiary alicyclic amines) is 1. The molecule has 0 spiro atoms. The van der Waals surface area contributed by atoms with Gasteiger partial charge in [0.25, 0.3) is 0 Å². The number of carbonyl (C=O) groups excluding carboxylic acids is 3. The van der Waals surface area contributed by atoms with Gasteiger partial charge in [-0.1, -0.05) is 12.1 Å². The minimum absolute atomic E-state index is 0.239. The molecule has 1 aliphatic rings. The van der Waals surface area contributed by atoms with Crippen molar-refractivity contribution in [2.24, 2.45) is 5.92 Å². The lowest BCUT2D eigenvalue weighted by molar-refractivity contribution is -0.119. The number of rotatable bonds is 9. The number of carbonyl (C=O) groups is 3. The minimum atomic E-state index is -0.570. The van der Waals surface area contributed by atoms with Crippen LogP contribution in [0.5, 0.6) is 0 Å². The highest BCUT2D eigenvalue weighted by molar-refractivity contribution is 6.10. The number of benzene rings is 1. The van der Waals surface area contributed by atoms with Gasteiger partial charge in [-0.25, -0.2) is 0 Å². The lowest BCUT2D eigenvalue weighted by Gasteiger charge is -2.30. The first kappa shape index (κ1) is 18.8. The first-order valence-corrected chi connectivity index (χ1v) is 8.63. The van der Waals surface area contributed by atoms with Gasteiger partial charge in [0.05, 0.1) is 11.6 Å². The third-order valence-corrected chi connectivity index (χ3v) is 4.88. The van der Waals surface area contributed by atoms with Crippen LogP contribution in [0.1, 0.15) is 42.7 Å². The zero-order valence-corrected chi connectivity index (χ0v) is 14.5. The smallest absolute Gasteiger partial charge is 0.209 e. The molecule has 25 heavy (non-hydrogen) atoms. The van der Waals surface area contributed by atoms with Crippen LogP contribution >= 0.6 is 0 Å². The fourth-order valence-electron chi connectivity index (χ4n) is 3.32. The summed E-state index contributed by atoms with van der Waals surface area (Å²) in [5, 5.41) is 11.5. The van der Waals surface area contributed by atoms with E-state index < -0.39 is 5.92 Å². The van der Waals surface area contributed by atoms with Crippen LogP contribution in [0.15, 0.2) is 18.2 Å². The van der Waals surface area contributed by atoms with Crippen molar-refractivity contribution in [3.8, 4) is 0 Å². The molecule has 0 aliphatic carbocycles. The van der Waals surface area contributed by atoms with E-state index in [9.17, 15) is 14.4 Å². The molecule has 1 amide bonds. The second-order valence-electron chi connectivity index (χ2n) is 6.37. The van der Waals surface area contributed by atoms with Crippen molar-refractivity contribution in [2.75, 3.05) is 25.5 Å². The largest absolute Gasteiger partial charge is 0.388 e. The predicted octanol–water partition coefficient (Wildman–Crippen LogP) is 2.23. The third-order valence-electron chi connectivity index (χ3n) is 4.88. The summed E-state index contributed by atoms with van der Waals surface area (Å²) in [6.45, 7) is 1.53. The molecule has 134 valence electrons. The molecular formula is C19H25N3O3. The standard InChI is InChI=1S/C19H25N3O3/c1-21-18-11-15(14-6-8-22(13-25)9-7-14)4-5-17(18)19(20)16(12-24)3-2-10-23/h4-5,10-14,16,20-21H,2-3,6-9H2,1H3. The zero-order chi connectivity index (χ0) is 18.2. The van der Waals surface area contributed by atoms with Gasteiger partial charge in [0.15, 0.2) is 0 Å². The number of hydrogen-bond donors (Lipinski definition) is 2. The Balaban J connectivity index is 2.18. The van der Waals surface area contributed by atoms with Crippen molar-refractivity contribution in [2.45, 2.75) is 31.6 Å². The lowest BCUT2D eigenvalue weighted by atomic mass is 9.86. The van der Waals surface area contributed by atoms with Gasteiger partial charge in [-0.2, -0.15) is 0 Å². The number of anilines is 1. The fraction of sp³-hybridized carbons (Fsp3) is 0.474. The maximum absolute atomic E-state index is 11.3. The molecule has 1 heterocycles. The highest BCUT2D eigenvalue weighted by Gasteiger charge is 2.22. The van der Waals surface area contributed by atoms with Gasteiger partial charge in [0, 0.05) is 37.8 Å². The number of aldehydes is 2. The first-order valence-electron chi connectivity index (χ1n) is 8.63. The van der Waals surface area contributed by atoms with E-state index in [0.717, 1.165) is 50.6 Å². The van der Waals surface area contributed by atoms with Gasteiger partial charge in [-0.3, -0.25) is 4.79 Å². The van der Waals surface area contributed by atoms with Crippen LogP contribution in [0.25, 0.3) is 0 Å². The Kier molecular flexibility index (Phi) is 6.86. The average Bonchev–Trinajstić information content (AvgIpc) is 2.68. The summed E-state index contributed by atoms with van der Waals surface area (Å²) in [6, 6.07) is 5.92. The van der Waals surface area contributed by atoms with Crippen LogP contribution in [-0.2, 0) is 14.4 Å². The normalized spacial score (nSPS) is 16.1. The third kappa shape index (κ3) is 4.53. The van der Waals surface area contributed by atoms with Crippen molar-refractivity contribution in [1.82, 2.24) is 4.90 Å². The van der Waals surface area contributed by atoms with Crippen LogP contribution in [0.4, 0.5) is 5.69 Å². The summed E-state index contributed by atoms with van der Waals surface area (Å²) < 4.78 is 0. The number of amides is 1. The molecule has 2 N–H and O–H groups in total. The predicted molar refractivity (Wildman–Crippen MR) is 97.3 cm³/mol. The van der Waals surface area contributed by atoms with Crippen molar-refractivity contribution >= 4 is 30.4 Å². The van der Waals surface area contributed by atoms with Gasteiger partial charge in [-0.15, -0.1) is 0 Å². The molecule has 1 fully saturated rings. The molecule has 1 saturated heterocycles. The molecule has 0 radical (unpaired) electrons. The van der Waals surface area contributed by atoms with E-state index in [0.29, 0.717) is 17.9 Å². The molecule has 0 saturated carbocycles. The van der Waals surface area contributed by atoms with Crippen LogP contribution in [0, 0.1) is 11.3 Å². The van der Waals surface area contributed by atoms with E-state index >= 15 is 0 Å². The quantitative estimate of drug-likeness (QED) is 0.531. The first-order chi connectivity index (χ1) is 12.1. The van der Waals surface area contributed by atoms with Gasteiger partial charge < -0.3 is 25.2 Å². The second kappa shape index (κ2) is 9.11. The highest BCUT2D eigenvalue weighted by Crippen LogP contribution is 2.31. The summed E-state index contributed by atoms with van der Waals surface area (Å²) >= 11 is 0. The Bertz CT molecular complexity index is 637. The van der Waals surface area contributed by atoms with E-state index in [1.165, 1.54) is 5.56 Å². The minimum Gasteiger partial charge on any atom is -0.388 e. The van der Waals surface area contributed by atoms with Gasteiger partial charge in [0.2, 0.25) is 6.41 Å². The van der Waals surface area contributed by atoms with Crippen molar-refractivity contribution in [1.29, 1.82) is 5.41 Å². The Morgan fingerprint density at radius 1 is 1.32 bits per heavy atom.